The van der Waals surface area contributed by atoms with E-state index in [1.165, 1.54) is 10.7 Å². The number of amides is 1. The third kappa shape index (κ3) is 7.69. The van der Waals surface area contributed by atoms with Gasteiger partial charge in [-0.3, -0.25) is 0 Å². The standard InChI is InChI=1S/C8H14N2O2S2.3C6H5.Sn/c1-2-12-7(11)9-3-5-10(6-4-9)8(13)14;3*1-2-4-6-5-3-1;/h2-6H2,1H3,(H,13,14);3*1-5H;/q;;;;+1/p-1. The van der Waals surface area contributed by atoms with Gasteiger partial charge in [-0.25, -0.2) is 4.79 Å². The Morgan fingerprint density at radius 3 is 1.48 bits per heavy atom. The molecule has 4 nitrogen and oxygen atoms in total. The first-order valence-corrected chi connectivity index (χ1v) is 16.1. The van der Waals surface area contributed by atoms with Crippen LogP contribution in [0.25, 0.3) is 0 Å². The number of hydrogen-bond acceptors (Lipinski definition) is 4. The summed E-state index contributed by atoms with van der Waals surface area (Å²) >= 11 is 7.77. The average molecular weight is 583 g/mol. The van der Waals surface area contributed by atoms with Crippen LogP contribution in [-0.4, -0.2) is 72.8 Å². The molecule has 1 fully saturated rings. The molecule has 0 N–H and O–H groups in total. The van der Waals surface area contributed by atoms with Crippen LogP contribution >= 0.6 is 12.2 Å². The first kappa shape index (κ1) is 25.5. The molecule has 1 heterocycles. The molecule has 0 atom stereocenters. The van der Waals surface area contributed by atoms with Gasteiger partial charge >= 0.3 is 128 Å². The Morgan fingerprint density at radius 2 is 1.15 bits per heavy atom. The second kappa shape index (κ2) is 13.5. The quantitative estimate of drug-likeness (QED) is 0.268. The van der Waals surface area contributed by atoms with Crippen LogP contribution in [0.15, 0.2) is 91.0 Å². The number of ether oxygens (including phenoxy) is 1. The van der Waals surface area contributed by atoms with Crippen molar-refractivity contribution in [1.82, 2.24) is 9.80 Å². The summed E-state index contributed by atoms with van der Waals surface area (Å²) in [6, 6.07) is 32.9. The van der Waals surface area contributed by atoms with Crippen LogP contribution in [0.5, 0.6) is 0 Å². The van der Waals surface area contributed by atoms with E-state index >= 15 is 0 Å². The number of carbonyl (C=O) groups excluding carboxylic acids is 1. The van der Waals surface area contributed by atoms with E-state index in [-0.39, 0.29) is 6.09 Å². The van der Waals surface area contributed by atoms with Crippen molar-refractivity contribution in [3.05, 3.63) is 91.0 Å². The summed E-state index contributed by atoms with van der Waals surface area (Å²) in [6.07, 6.45) is -0.248. The molecular weight excluding hydrogens is 555 g/mol. The average Bonchev–Trinajstić information content (AvgIpc) is 2.87. The number of piperazine rings is 1. The van der Waals surface area contributed by atoms with Crippen LogP contribution < -0.4 is 10.7 Å². The van der Waals surface area contributed by atoms with E-state index in [1.54, 1.807) is 11.8 Å². The number of hydrogen-bond donors (Lipinski definition) is 0. The molecule has 0 aromatic heterocycles. The molecule has 0 unspecified atom stereocenters. The SMILES string of the molecule is CCOC(=O)N1CCN(C(=S)[S-])CC1.c1cc[c]([Sn+]([c]2ccccc2)[c]2ccccc2)cc1. The molecule has 3 aromatic rings. The molecule has 4 rings (SSSR count). The monoisotopic (exact) mass is 584 g/mol. The summed E-state index contributed by atoms with van der Waals surface area (Å²) in [5, 5.41) is 0. The van der Waals surface area contributed by atoms with E-state index in [2.05, 4.69) is 91.0 Å². The van der Waals surface area contributed by atoms with E-state index in [9.17, 15) is 4.79 Å². The molecular formula is C26H28N2O2S2Sn. The van der Waals surface area contributed by atoms with Gasteiger partial charge in [0.2, 0.25) is 0 Å². The first-order chi connectivity index (χ1) is 16.1. The fourth-order valence-electron chi connectivity index (χ4n) is 3.60. The zero-order valence-corrected chi connectivity index (χ0v) is 23.2. The number of thiocarbonyl (C=S) groups is 1. The Kier molecular flexibility index (Phi) is 10.4. The van der Waals surface area contributed by atoms with Gasteiger partial charge in [-0.2, -0.15) is 0 Å². The van der Waals surface area contributed by atoms with E-state index in [1.807, 2.05) is 4.90 Å². The minimum absolute atomic E-state index is 0.248. The van der Waals surface area contributed by atoms with E-state index < -0.39 is 19.8 Å². The molecule has 33 heavy (non-hydrogen) atoms. The molecule has 0 spiro atoms. The van der Waals surface area contributed by atoms with E-state index in [0.717, 1.165) is 0 Å². The van der Waals surface area contributed by atoms with Crippen LogP contribution in [-0.2, 0) is 17.4 Å². The number of nitrogens with zero attached hydrogens (tertiary/aromatic N) is 2. The first-order valence-electron chi connectivity index (χ1n) is 11.0. The van der Waals surface area contributed by atoms with Gasteiger partial charge in [0.15, 0.2) is 0 Å². The van der Waals surface area contributed by atoms with Crippen LogP contribution in [0.4, 0.5) is 4.79 Å². The van der Waals surface area contributed by atoms with Gasteiger partial charge < -0.3 is 39.4 Å². The van der Waals surface area contributed by atoms with Gasteiger partial charge in [0.05, 0.1) is 6.61 Å². The van der Waals surface area contributed by atoms with Crippen molar-refractivity contribution in [2.75, 3.05) is 32.8 Å². The molecule has 170 valence electrons. The predicted molar refractivity (Wildman–Crippen MR) is 144 cm³/mol. The Balaban J connectivity index is 0.000000196. The fraction of sp³-hybridized carbons (Fsp3) is 0.231. The summed E-state index contributed by atoms with van der Waals surface area (Å²) in [4.78, 5) is 14.9. The Labute approximate surface area is 214 Å². The van der Waals surface area contributed by atoms with Crippen LogP contribution in [0.2, 0.25) is 0 Å². The van der Waals surface area contributed by atoms with Gasteiger partial charge in [-0.05, 0) is 6.92 Å². The number of benzene rings is 3. The second-order valence-corrected chi connectivity index (χ2v) is 15.5. The number of rotatable bonds is 4. The van der Waals surface area contributed by atoms with Crippen molar-refractivity contribution in [3.8, 4) is 0 Å². The summed E-state index contributed by atoms with van der Waals surface area (Å²) in [6.45, 7) is 4.90. The molecule has 0 radical (unpaired) electrons. The maximum absolute atomic E-state index is 11.3. The van der Waals surface area contributed by atoms with Crippen LogP contribution in [0, 0.1) is 0 Å². The Morgan fingerprint density at radius 1 is 0.788 bits per heavy atom. The molecule has 0 saturated carbocycles. The third-order valence-corrected chi connectivity index (χ3v) is 13.6. The predicted octanol–water partition coefficient (Wildman–Crippen LogP) is 2.80. The van der Waals surface area contributed by atoms with Crippen LogP contribution in [0.3, 0.4) is 0 Å². The van der Waals surface area contributed by atoms with E-state index in [0.29, 0.717) is 37.1 Å². The molecule has 7 heteroatoms. The zero-order chi connectivity index (χ0) is 23.5. The van der Waals surface area contributed by atoms with Gasteiger partial charge in [0.1, 0.15) is 0 Å². The summed E-state index contributed by atoms with van der Waals surface area (Å²) in [5.41, 5.74) is 0. The summed E-state index contributed by atoms with van der Waals surface area (Å²) < 4.78 is 9.96. The minimum atomic E-state index is -1.98. The van der Waals surface area contributed by atoms with Crippen molar-refractivity contribution in [2.45, 2.75) is 6.92 Å². The fourth-order valence-corrected chi connectivity index (χ4v) is 11.3. The second-order valence-electron chi connectivity index (χ2n) is 7.41. The molecule has 0 aliphatic carbocycles. The van der Waals surface area contributed by atoms with Gasteiger partial charge in [0, 0.05) is 26.2 Å². The zero-order valence-electron chi connectivity index (χ0n) is 18.7. The molecule has 1 aliphatic heterocycles. The normalized spacial score (nSPS) is 12.9. The van der Waals surface area contributed by atoms with Gasteiger partial charge in [-0.1, -0.05) is 4.32 Å². The van der Waals surface area contributed by atoms with Gasteiger partial charge in [-0.15, -0.1) is 0 Å². The Bertz CT molecular complexity index is 905. The molecule has 1 aliphatic rings. The number of carbonyl (C=O) groups is 1. The van der Waals surface area contributed by atoms with Crippen molar-refractivity contribution in [1.29, 1.82) is 0 Å². The summed E-state index contributed by atoms with van der Waals surface area (Å²) in [7, 11) is 0. The molecule has 3 aromatic carbocycles. The van der Waals surface area contributed by atoms with Gasteiger partial charge in [0.25, 0.3) is 0 Å². The maximum atomic E-state index is 11.3. The van der Waals surface area contributed by atoms with E-state index in [4.69, 9.17) is 29.6 Å². The summed E-state index contributed by atoms with van der Waals surface area (Å²) in [5.74, 6) is 0. The molecule has 1 saturated heterocycles. The van der Waals surface area contributed by atoms with Crippen molar-refractivity contribution < 1.29 is 9.53 Å². The Hall–Kier alpha value is -2.16. The third-order valence-electron chi connectivity index (χ3n) is 5.25. The molecule has 0 bridgehead atoms. The van der Waals surface area contributed by atoms with Crippen LogP contribution in [0.1, 0.15) is 6.92 Å². The van der Waals surface area contributed by atoms with Crippen molar-refractivity contribution in [2.24, 2.45) is 0 Å². The molecule has 1 amide bonds. The van der Waals surface area contributed by atoms with Crippen molar-refractivity contribution in [3.63, 3.8) is 0 Å². The topological polar surface area (TPSA) is 32.8 Å². The van der Waals surface area contributed by atoms with Crippen molar-refractivity contribution >= 4 is 65.8 Å².